The third-order valence-electron chi connectivity index (χ3n) is 3.49. The van der Waals surface area contributed by atoms with Crippen LogP contribution in [0.4, 0.5) is 5.69 Å². The summed E-state index contributed by atoms with van der Waals surface area (Å²) in [7, 11) is 0. The Morgan fingerprint density at radius 1 is 1.24 bits per heavy atom. The van der Waals surface area contributed by atoms with Crippen molar-refractivity contribution in [2.75, 3.05) is 44.3 Å². The van der Waals surface area contributed by atoms with Gasteiger partial charge >= 0.3 is 5.97 Å². The van der Waals surface area contributed by atoms with Crippen LogP contribution < -0.4 is 4.90 Å². The molecular formula is C15H20N2O4. The van der Waals surface area contributed by atoms with E-state index in [1.807, 2.05) is 12.1 Å². The fourth-order valence-corrected chi connectivity index (χ4v) is 2.31. The van der Waals surface area contributed by atoms with Gasteiger partial charge in [-0.05, 0) is 31.2 Å². The van der Waals surface area contributed by atoms with E-state index in [4.69, 9.17) is 9.84 Å². The molecular weight excluding hydrogens is 272 g/mol. The van der Waals surface area contributed by atoms with E-state index in [1.54, 1.807) is 19.1 Å². The predicted molar refractivity (Wildman–Crippen MR) is 78.7 cm³/mol. The van der Waals surface area contributed by atoms with Crippen LogP contribution >= 0.6 is 0 Å². The second-order valence-corrected chi connectivity index (χ2v) is 4.86. The number of carboxylic acid groups (broad SMARTS) is 1. The van der Waals surface area contributed by atoms with Crippen LogP contribution in [0, 0.1) is 0 Å². The number of morpholine rings is 1. The zero-order chi connectivity index (χ0) is 15.2. The molecule has 0 saturated carbocycles. The van der Waals surface area contributed by atoms with E-state index in [0.29, 0.717) is 25.3 Å². The molecule has 1 N–H and O–H groups in total. The van der Waals surface area contributed by atoms with Crippen molar-refractivity contribution >= 4 is 17.6 Å². The zero-order valence-corrected chi connectivity index (χ0v) is 12.1. The minimum absolute atomic E-state index is 0.256. The molecule has 1 aliphatic rings. The maximum Gasteiger partial charge on any atom is 0.323 e. The monoisotopic (exact) mass is 292 g/mol. The lowest BCUT2D eigenvalue weighted by atomic mass is 10.1. The number of anilines is 1. The standard InChI is InChI=1S/C15H20N2O4/c1-2-16(11-14(18)19)15(20)12-3-5-13(6-4-12)17-7-9-21-10-8-17/h3-6H,2,7-11H2,1H3,(H,18,19). The van der Waals surface area contributed by atoms with E-state index in [-0.39, 0.29) is 12.5 Å². The van der Waals surface area contributed by atoms with Crippen molar-refractivity contribution in [1.29, 1.82) is 0 Å². The Kier molecular flexibility index (Phi) is 5.16. The zero-order valence-electron chi connectivity index (χ0n) is 12.1. The number of hydrogen-bond donors (Lipinski definition) is 1. The molecule has 0 bridgehead atoms. The number of rotatable bonds is 5. The summed E-state index contributed by atoms with van der Waals surface area (Å²) in [5.41, 5.74) is 1.56. The lowest BCUT2D eigenvalue weighted by molar-refractivity contribution is -0.137. The van der Waals surface area contributed by atoms with Crippen LogP contribution in [-0.2, 0) is 9.53 Å². The molecule has 114 valence electrons. The highest BCUT2D eigenvalue weighted by Crippen LogP contribution is 2.17. The molecule has 1 heterocycles. The van der Waals surface area contributed by atoms with Gasteiger partial charge in [0.05, 0.1) is 13.2 Å². The third-order valence-corrected chi connectivity index (χ3v) is 3.49. The summed E-state index contributed by atoms with van der Waals surface area (Å²) in [6, 6.07) is 7.29. The highest BCUT2D eigenvalue weighted by atomic mass is 16.5. The molecule has 6 heteroatoms. The second kappa shape index (κ2) is 7.08. The quantitative estimate of drug-likeness (QED) is 0.879. The highest BCUT2D eigenvalue weighted by molar-refractivity contribution is 5.96. The molecule has 1 saturated heterocycles. The van der Waals surface area contributed by atoms with Gasteiger partial charge in [-0.25, -0.2) is 0 Å². The second-order valence-electron chi connectivity index (χ2n) is 4.86. The van der Waals surface area contributed by atoms with Gasteiger partial charge in [-0.15, -0.1) is 0 Å². The fourth-order valence-electron chi connectivity index (χ4n) is 2.31. The summed E-state index contributed by atoms with van der Waals surface area (Å²) < 4.78 is 5.31. The van der Waals surface area contributed by atoms with Gasteiger partial charge in [-0.2, -0.15) is 0 Å². The van der Waals surface area contributed by atoms with E-state index >= 15 is 0 Å². The molecule has 6 nitrogen and oxygen atoms in total. The van der Waals surface area contributed by atoms with Crippen molar-refractivity contribution in [3.05, 3.63) is 29.8 Å². The van der Waals surface area contributed by atoms with Gasteiger partial charge < -0.3 is 19.6 Å². The third kappa shape index (κ3) is 3.95. The maximum atomic E-state index is 12.2. The van der Waals surface area contributed by atoms with Crippen molar-refractivity contribution in [3.8, 4) is 0 Å². The van der Waals surface area contributed by atoms with Gasteiger partial charge in [-0.3, -0.25) is 9.59 Å². The summed E-state index contributed by atoms with van der Waals surface area (Å²) in [5.74, 6) is -1.26. The Balaban J connectivity index is 2.06. The molecule has 0 aliphatic carbocycles. The largest absolute Gasteiger partial charge is 0.480 e. The van der Waals surface area contributed by atoms with Gasteiger partial charge in [0.15, 0.2) is 0 Å². The van der Waals surface area contributed by atoms with Crippen LogP contribution in [0.5, 0.6) is 0 Å². The lowest BCUT2D eigenvalue weighted by Gasteiger charge is -2.29. The molecule has 0 spiro atoms. The minimum Gasteiger partial charge on any atom is -0.480 e. The van der Waals surface area contributed by atoms with Gasteiger partial charge in [0.25, 0.3) is 5.91 Å². The van der Waals surface area contributed by atoms with Gasteiger partial charge in [0.1, 0.15) is 6.54 Å². The highest BCUT2D eigenvalue weighted by Gasteiger charge is 2.17. The molecule has 0 atom stereocenters. The first-order valence-corrected chi connectivity index (χ1v) is 7.05. The Morgan fingerprint density at radius 3 is 2.38 bits per heavy atom. The number of hydrogen-bond acceptors (Lipinski definition) is 4. The number of benzene rings is 1. The van der Waals surface area contributed by atoms with Crippen LogP contribution in [0.2, 0.25) is 0 Å². The molecule has 0 aromatic heterocycles. The first kappa shape index (κ1) is 15.3. The van der Waals surface area contributed by atoms with E-state index in [1.165, 1.54) is 4.90 Å². The van der Waals surface area contributed by atoms with E-state index in [2.05, 4.69) is 4.90 Å². The van der Waals surface area contributed by atoms with Crippen LogP contribution in [0.3, 0.4) is 0 Å². The molecule has 1 aliphatic heterocycles. The van der Waals surface area contributed by atoms with Crippen LogP contribution in [0.15, 0.2) is 24.3 Å². The molecule has 0 unspecified atom stereocenters. The normalized spacial score (nSPS) is 14.8. The van der Waals surface area contributed by atoms with Gasteiger partial charge in [0.2, 0.25) is 0 Å². The van der Waals surface area contributed by atoms with Crippen LogP contribution in [0.25, 0.3) is 0 Å². The Bertz CT molecular complexity index is 495. The summed E-state index contributed by atoms with van der Waals surface area (Å²) in [5, 5.41) is 8.81. The number of carbonyl (C=O) groups is 2. The van der Waals surface area contributed by atoms with Crippen molar-refractivity contribution in [2.45, 2.75) is 6.92 Å². The Morgan fingerprint density at radius 2 is 1.86 bits per heavy atom. The molecule has 1 aromatic carbocycles. The summed E-state index contributed by atoms with van der Waals surface area (Å²) in [6.45, 7) is 4.96. The summed E-state index contributed by atoms with van der Waals surface area (Å²) in [6.07, 6.45) is 0. The van der Waals surface area contributed by atoms with Gasteiger partial charge in [-0.1, -0.05) is 0 Å². The average molecular weight is 292 g/mol. The topological polar surface area (TPSA) is 70.1 Å². The number of carbonyl (C=O) groups excluding carboxylic acids is 1. The maximum absolute atomic E-state index is 12.2. The van der Waals surface area contributed by atoms with Crippen molar-refractivity contribution < 1.29 is 19.4 Å². The van der Waals surface area contributed by atoms with E-state index < -0.39 is 5.97 Å². The summed E-state index contributed by atoms with van der Waals surface area (Å²) in [4.78, 5) is 26.5. The minimum atomic E-state index is -1.00. The first-order valence-electron chi connectivity index (χ1n) is 7.05. The average Bonchev–Trinajstić information content (AvgIpc) is 2.53. The first-order chi connectivity index (χ1) is 10.1. The molecule has 1 aromatic rings. The van der Waals surface area contributed by atoms with Crippen molar-refractivity contribution in [3.63, 3.8) is 0 Å². The number of aliphatic carboxylic acids is 1. The number of carboxylic acids is 1. The van der Waals surface area contributed by atoms with E-state index in [0.717, 1.165) is 18.8 Å². The van der Waals surface area contributed by atoms with Crippen molar-refractivity contribution in [1.82, 2.24) is 4.90 Å². The van der Waals surface area contributed by atoms with Crippen LogP contribution in [0.1, 0.15) is 17.3 Å². The van der Waals surface area contributed by atoms with E-state index in [9.17, 15) is 9.59 Å². The fraction of sp³-hybridized carbons (Fsp3) is 0.467. The Labute approximate surface area is 123 Å². The van der Waals surface area contributed by atoms with Crippen molar-refractivity contribution in [2.24, 2.45) is 0 Å². The molecule has 1 fully saturated rings. The smallest absolute Gasteiger partial charge is 0.323 e. The lowest BCUT2D eigenvalue weighted by Crippen LogP contribution is -2.36. The number of likely N-dealkylation sites (N-methyl/N-ethyl adjacent to an activating group) is 1. The molecule has 2 rings (SSSR count). The number of nitrogens with zero attached hydrogens (tertiary/aromatic N) is 2. The summed E-state index contributed by atoms with van der Waals surface area (Å²) >= 11 is 0. The number of amides is 1. The molecule has 0 radical (unpaired) electrons. The SMILES string of the molecule is CCN(CC(=O)O)C(=O)c1ccc(N2CCOCC2)cc1. The van der Waals surface area contributed by atoms with Gasteiger partial charge in [0, 0.05) is 30.9 Å². The Hall–Kier alpha value is -2.08. The van der Waals surface area contributed by atoms with Crippen LogP contribution in [-0.4, -0.2) is 61.3 Å². The number of ether oxygens (including phenoxy) is 1. The molecule has 1 amide bonds. The predicted octanol–water partition coefficient (Wildman–Crippen LogP) is 1.07. The molecule has 21 heavy (non-hydrogen) atoms.